The lowest BCUT2D eigenvalue weighted by Crippen LogP contribution is -2.42. The quantitative estimate of drug-likeness (QED) is 0.757. The predicted octanol–water partition coefficient (Wildman–Crippen LogP) is 0.178. The van der Waals surface area contributed by atoms with Crippen molar-refractivity contribution < 1.29 is 17.9 Å². The molecule has 1 aromatic rings. The van der Waals surface area contributed by atoms with Gasteiger partial charge in [-0.15, -0.1) is 0 Å². The minimum absolute atomic E-state index is 0.0281. The third kappa shape index (κ3) is 4.39. The first kappa shape index (κ1) is 20.0. The fraction of sp³-hybridized carbons (Fsp3) is 0.706. The number of amides is 1. The number of carbonyl (C=O) groups excluding carboxylic acids is 1. The van der Waals surface area contributed by atoms with E-state index in [1.165, 1.54) is 4.31 Å². The number of nitrogens with one attached hydrogen (secondary N) is 1. The lowest BCUT2D eigenvalue weighted by atomic mass is 10.00. The number of ether oxygens (including phenoxy) is 1. The van der Waals surface area contributed by atoms with E-state index in [0.717, 1.165) is 25.5 Å². The van der Waals surface area contributed by atoms with Crippen molar-refractivity contribution in [2.45, 2.75) is 44.7 Å². The topological polar surface area (TPSA) is 113 Å². The van der Waals surface area contributed by atoms with Crippen molar-refractivity contribution in [1.29, 1.82) is 0 Å². The molecule has 1 amide bonds. The summed E-state index contributed by atoms with van der Waals surface area (Å²) < 4.78 is 30.0. The summed E-state index contributed by atoms with van der Waals surface area (Å²) >= 11 is 0. The molecular formula is C17H26N4O5S. The van der Waals surface area contributed by atoms with Crippen LogP contribution in [-0.2, 0) is 32.5 Å². The van der Waals surface area contributed by atoms with Crippen LogP contribution in [0.25, 0.3) is 0 Å². The number of nitrogens with zero attached hydrogens (tertiary/aromatic N) is 3. The van der Waals surface area contributed by atoms with Crippen molar-refractivity contribution >= 4 is 15.9 Å². The Bertz CT molecular complexity index is 867. The van der Waals surface area contributed by atoms with Crippen LogP contribution in [0, 0.1) is 0 Å². The molecule has 0 aliphatic carbocycles. The highest BCUT2D eigenvalue weighted by molar-refractivity contribution is 7.88. The molecule has 3 rings (SSSR count). The van der Waals surface area contributed by atoms with Crippen molar-refractivity contribution in [3.05, 3.63) is 27.4 Å². The summed E-state index contributed by atoms with van der Waals surface area (Å²) in [4.78, 5) is 34.3. The molecule has 1 unspecified atom stereocenters. The Morgan fingerprint density at radius 2 is 2.11 bits per heavy atom. The van der Waals surface area contributed by atoms with Crippen LogP contribution in [0.3, 0.4) is 0 Å². The molecule has 10 heteroatoms. The van der Waals surface area contributed by atoms with E-state index in [0.29, 0.717) is 36.7 Å². The summed E-state index contributed by atoms with van der Waals surface area (Å²) in [5, 5.41) is 0. The summed E-state index contributed by atoms with van der Waals surface area (Å²) in [5.74, 6) is 0.416. The van der Waals surface area contributed by atoms with E-state index in [2.05, 4.69) is 9.97 Å². The predicted molar refractivity (Wildman–Crippen MR) is 98.6 cm³/mol. The van der Waals surface area contributed by atoms with Crippen molar-refractivity contribution in [3.63, 3.8) is 0 Å². The van der Waals surface area contributed by atoms with E-state index in [1.807, 2.05) is 0 Å². The molecule has 27 heavy (non-hydrogen) atoms. The fourth-order valence-corrected chi connectivity index (χ4v) is 4.50. The molecule has 1 N–H and O–H groups in total. The van der Waals surface area contributed by atoms with Gasteiger partial charge in [0.2, 0.25) is 15.9 Å². The first-order valence-corrected chi connectivity index (χ1v) is 11.0. The Balaban J connectivity index is 1.91. The summed E-state index contributed by atoms with van der Waals surface area (Å²) in [6, 6.07) is -0.297. The Kier molecular flexibility index (Phi) is 5.97. The fourth-order valence-electron chi connectivity index (χ4n) is 3.72. The number of fused-ring (bicyclic) bond motifs is 1. The van der Waals surface area contributed by atoms with Gasteiger partial charge < -0.3 is 14.6 Å². The van der Waals surface area contributed by atoms with E-state index < -0.39 is 10.0 Å². The van der Waals surface area contributed by atoms with Crippen molar-refractivity contribution in [2.75, 3.05) is 33.1 Å². The molecule has 1 fully saturated rings. The Labute approximate surface area is 158 Å². The Morgan fingerprint density at radius 3 is 2.81 bits per heavy atom. The second-order valence-corrected chi connectivity index (χ2v) is 9.05. The number of rotatable bonds is 5. The molecule has 0 aromatic carbocycles. The van der Waals surface area contributed by atoms with Crippen LogP contribution in [0.2, 0.25) is 0 Å². The van der Waals surface area contributed by atoms with Gasteiger partial charge in [-0.05, 0) is 25.7 Å². The number of aromatic nitrogens is 2. The number of H-pyrrole nitrogens is 1. The largest absolute Gasteiger partial charge is 0.384 e. The normalized spacial score (nSPS) is 21.1. The van der Waals surface area contributed by atoms with Gasteiger partial charge in [-0.3, -0.25) is 9.59 Å². The van der Waals surface area contributed by atoms with Gasteiger partial charge in [0.1, 0.15) is 5.82 Å². The third-order valence-electron chi connectivity index (χ3n) is 5.18. The van der Waals surface area contributed by atoms with Gasteiger partial charge in [-0.1, -0.05) is 0 Å². The Hall–Kier alpha value is -1.78. The zero-order valence-corrected chi connectivity index (χ0v) is 16.5. The van der Waals surface area contributed by atoms with E-state index >= 15 is 0 Å². The average Bonchev–Trinajstić information content (AvgIpc) is 2.65. The van der Waals surface area contributed by atoms with Crippen molar-refractivity contribution in [1.82, 2.24) is 19.2 Å². The molecule has 1 aromatic heterocycles. The molecule has 9 nitrogen and oxygen atoms in total. The van der Waals surface area contributed by atoms with Gasteiger partial charge in [0.15, 0.2) is 0 Å². The number of hydrogen-bond acceptors (Lipinski definition) is 6. The average molecular weight is 398 g/mol. The van der Waals surface area contributed by atoms with Crippen LogP contribution < -0.4 is 5.56 Å². The zero-order chi connectivity index (χ0) is 19.6. The van der Waals surface area contributed by atoms with Crippen LogP contribution in [0.15, 0.2) is 4.79 Å². The second kappa shape index (κ2) is 8.07. The van der Waals surface area contributed by atoms with Crippen molar-refractivity contribution in [2.24, 2.45) is 0 Å². The molecule has 1 atom stereocenters. The van der Waals surface area contributed by atoms with Gasteiger partial charge >= 0.3 is 0 Å². The first-order chi connectivity index (χ1) is 12.8. The highest BCUT2D eigenvalue weighted by atomic mass is 32.2. The van der Waals surface area contributed by atoms with Crippen LogP contribution in [0.5, 0.6) is 0 Å². The number of methoxy groups -OCH3 is 1. The number of aromatic amines is 1. The van der Waals surface area contributed by atoms with Crippen LogP contribution in [0.1, 0.15) is 48.8 Å². The molecule has 1 saturated heterocycles. The van der Waals surface area contributed by atoms with E-state index in [1.54, 1.807) is 12.0 Å². The number of likely N-dealkylation sites (tertiary alicyclic amines) is 1. The lowest BCUT2D eigenvalue weighted by Gasteiger charge is -2.35. The number of carbonyl (C=O) groups is 1. The molecule has 2 aliphatic heterocycles. The highest BCUT2D eigenvalue weighted by Gasteiger charge is 2.32. The number of piperidine rings is 1. The highest BCUT2D eigenvalue weighted by Crippen LogP contribution is 2.30. The molecule has 0 radical (unpaired) electrons. The zero-order valence-electron chi connectivity index (χ0n) is 15.7. The monoisotopic (exact) mass is 398 g/mol. The van der Waals surface area contributed by atoms with Crippen molar-refractivity contribution in [3.8, 4) is 0 Å². The Morgan fingerprint density at radius 1 is 1.33 bits per heavy atom. The van der Waals surface area contributed by atoms with Gasteiger partial charge in [0.05, 0.1) is 37.6 Å². The molecule has 150 valence electrons. The second-order valence-electron chi connectivity index (χ2n) is 7.06. The van der Waals surface area contributed by atoms with Crippen LogP contribution >= 0.6 is 0 Å². The molecule has 3 heterocycles. The number of hydrogen-bond donors (Lipinski definition) is 1. The van der Waals surface area contributed by atoms with E-state index in [4.69, 9.17) is 4.74 Å². The SMILES string of the molecule is COCCC(=O)N1CCCCC1c1nc2c(c(=O)[nH]1)CCN(S(C)(=O)=O)C2. The van der Waals surface area contributed by atoms with Gasteiger partial charge in [-0.25, -0.2) is 13.4 Å². The standard InChI is InChI=1S/C17H26N4O5S/c1-26-10-7-15(22)21-8-4-3-5-14(21)16-18-13-11-20(27(2,24)25)9-6-12(13)17(23)19-16/h14H,3-11H2,1-2H3,(H,18,19,23). The summed E-state index contributed by atoms with van der Waals surface area (Å²) in [6.07, 6.45) is 4.34. The molecule has 0 spiro atoms. The summed E-state index contributed by atoms with van der Waals surface area (Å²) in [7, 11) is -1.80. The lowest BCUT2D eigenvalue weighted by molar-refractivity contribution is -0.136. The molecule has 2 aliphatic rings. The maximum absolute atomic E-state index is 12.5. The molecular weight excluding hydrogens is 372 g/mol. The first-order valence-electron chi connectivity index (χ1n) is 9.16. The maximum Gasteiger partial charge on any atom is 0.254 e. The van der Waals surface area contributed by atoms with Gasteiger partial charge in [0, 0.05) is 25.8 Å². The van der Waals surface area contributed by atoms with Gasteiger partial charge in [0.25, 0.3) is 5.56 Å². The van der Waals surface area contributed by atoms with Gasteiger partial charge in [-0.2, -0.15) is 4.31 Å². The van der Waals surface area contributed by atoms with E-state index in [9.17, 15) is 18.0 Å². The van der Waals surface area contributed by atoms with Crippen LogP contribution in [-0.4, -0.2) is 66.6 Å². The summed E-state index contributed by atoms with van der Waals surface area (Å²) in [5.41, 5.74) is 0.782. The van der Waals surface area contributed by atoms with E-state index in [-0.39, 0.29) is 37.0 Å². The minimum atomic E-state index is -3.35. The molecule has 0 bridgehead atoms. The smallest absolute Gasteiger partial charge is 0.254 e. The van der Waals surface area contributed by atoms with Crippen LogP contribution in [0.4, 0.5) is 0 Å². The minimum Gasteiger partial charge on any atom is -0.384 e. The molecule has 0 saturated carbocycles. The summed E-state index contributed by atoms with van der Waals surface area (Å²) in [6.45, 7) is 1.33. The number of sulfonamides is 1. The third-order valence-corrected chi connectivity index (χ3v) is 6.43. The maximum atomic E-state index is 12.5.